The summed E-state index contributed by atoms with van der Waals surface area (Å²) in [6, 6.07) is 17.8. The number of rotatable bonds is 7. The average Bonchev–Trinajstić information content (AvgIpc) is 3.22. The number of Topliss-reactive ketones (excluding diaryl/α,β-unsaturated/α-hetero) is 1. The fourth-order valence-corrected chi connectivity index (χ4v) is 3.93. The summed E-state index contributed by atoms with van der Waals surface area (Å²) in [5.74, 6) is 0.901. The second kappa shape index (κ2) is 8.84. The molecule has 0 bridgehead atoms. The van der Waals surface area contributed by atoms with Crippen molar-refractivity contribution in [2.45, 2.75) is 13.3 Å². The lowest BCUT2D eigenvalue weighted by molar-refractivity contribution is -0.116. The van der Waals surface area contributed by atoms with E-state index in [9.17, 15) is 4.79 Å². The molecule has 0 aliphatic heterocycles. The Labute approximate surface area is 178 Å². The zero-order chi connectivity index (χ0) is 20.9. The largest absolute Gasteiger partial charge is 0.497 e. The summed E-state index contributed by atoms with van der Waals surface area (Å²) in [6.07, 6.45) is 3.94. The number of carbonyl (C=O) groups excluding carboxylic acids is 1. The van der Waals surface area contributed by atoms with Gasteiger partial charge in [0.2, 0.25) is 0 Å². The lowest BCUT2D eigenvalue weighted by Crippen LogP contribution is -1.94. The summed E-state index contributed by atoms with van der Waals surface area (Å²) in [5, 5.41) is 13.3. The second-order valence-electron chi connectivity index (χ2n) is 6.73. The van der Waals surface area contributed by atoms with E-state index in [1.165, 1.54) is 11.3 Å². The molecule has 7 heteroatoms. The Hall–Kier alpha value is -3.58. The van der Waals surface area contributed by atoms with Gasteiger partial charge in [0.1, 0.15) is 21.5 Å². The quantitative estimate of drug-likeness (QED) is 0.449. The molecule has 0 saturated carbocycles. The zero-order valence-electron chi connectivity index (χ0n) is 16.6. The Kier molecular flexibility index (Phi) is 5.81. The number of hydrogen-bond acceptors (Lipinski definition) is 7. The Balaban J connectivity index is 1.54. The molecule has 0 aliphatic rings. The highest BCUT2D eigenvalue weighted by Gasteiger charge is 2.10. The molecule has 0 saturated heterocycles. The molecule has 0 unspecified atom stereocenters. The van der Waals surface area contributed by atoms with Gasteiger partial charge in [0.25, 0.3) is 0 Å². The van der Waals surface area contributed by atoms with Gasteiger partial charge in [0, 0.05) is 34.9 Å². The predicted octanol–water partition coefficient (Wildman–Crippen LogP) is 5.15. The number of benzene rings is 2. The van der Waals surface area contributed by atoms with Crippen molar-refractivity contribution in [2.24, 2.45) is 0 Å². The molecule has 2 heterocycles. The number of hydrogen-bond donors (Lipinski definition) is 1. The number of nitrogens with one attached hydrogen (secondary N) is 1. The van der Waals surface area contributed by atoms with Crippen molar-refractivity contribution in [2.75, 3.05) is 12.4 Å². The van der Waals surface area contributed by atoms with E-state index in [2.05, 4.69) is 20.5 Å². The SMILES string of the molecule is COc1ccc(-c2cnccc2Nc2ccc(-c3nnc(CC(C)=O)s3)cc2)cc1. The first-order chi connectivity index (χ1) is 14.6. The smallest absolute Gasteiger partial charge is 0.147 e. The van der Waals surface area contributed by atoms with Gasteiger partial charge in [0.15, 0.2) is 0 Å². The van der Waals surface area contributed by atoms with Crippen LogP contribution in [0.1, 0.15) is 11.9 Å². The first-order valence-corrected chi connectivity index (χ1v) is 10.2. The van der Waals surface area contributed by atoms with Crippen molar-refractivity contribution in [3.8, 4) is 27.4 Å². The van der Waals surface area contributed by atoms with Gasteiger partial charge in [-0.25, -0.2) is 0 Å². The van der Waals surface area contributed by atoms with Crippen LogP contribution in [0.15, 0.2) is 67.0 Å². The van der Waals surface area contributed by atoms with Gasteiger partial charge in [-0.2, -0.15) is 0 Å². The molecule has 0 atom stereocenters. The molecule has 6 nitrogen and oxygen atoms in total. The molecule has 30 heavy (non-hydrogen) atoms. The summed E-state index contributed by atoms with van der Waals surface area (Å²) in [7, 11) is 1.65. The third-order valence-electron chi connectivity index (χ3n) is 4.50. The molecule has 1 N–H and O–H groups in total. The van der Waals surface area contributed by atoms with E-state index in [1.807, 2.05) is 60.8 Å². The summed E-state index contributed by atoms with van der Waals surface area (Å²) in [5.41, 5.74) is 4.94. The molecule has 4 aromatic rings. The Bertz CT molecular complexity index is 1150. The van der Waals surface area contributed by atoms with E-state index in [-0.39, 0.29) is 5.78 Å². The van der Waals surface area contributed by atoms with Crippen molar-refractivity contribution in [3.05, 3.63) is 72.0 Å². The van der Waals surface area contributed by atoms with Crippen LogP contribution in [0, 0.1) is 0 Å². The van der Waals surface area contributed by atoms with E-state index in [0.717, 1.165) is 43.8 Å². The summed E-state index contributed by atoms with van der Waals surface area (Å²) < 4.78 is 5.24. The van der Waals surface area contributed by atoms with Gasteiger partial charge < -0.3 is 10.1 Å². The highest BCUT2D eigenvalue weighted by Crippen LogP contribution is 2.31. The van der Waals surface area contributed by atoms with Crippen LogP contribution in [0.5, 0.6) is 5.75 Å². The lowest BCUT2D eigenvalue weighted by Gasteiger charge is -2.12. The maximum Gasteiger partial charge on any atom is 0.147 e. The van der Waals surface area contributed by atoms with Crippen LogP contribution in [-0.4, -0.2) is 28.1 Å². The van der Waals surface area contributed by atoms with Gasteiger partial charge in [-0.1, -0.05) is 23.5 Å². The van der Waals surface area contributed by atoms with Gasteiger partial charge in [-0.05, 0) is 55.0 Å². The maximum atomic E-state index is 11.3. The molecule has 2 aromatic carbocycles. The third kappa shape index (κ3) is 4.52. The van der Waals surface area contributed by atoms with Gasteiger partial charge >= 0.3 is 0 Å². The molecular formula is C23H20N4O2S. The topological polar surface area (TPSA) is 77.0 Å². The predicted molar refractivity (Wildman–Crippen MR) is 119 cm³/mol. The molecule has 0 fully saturated rings. The van der Waals surface area contributed by atoms with E-state index in [0.29, 0.717) is 6.42 Å². The van der Waals surface area contributed by atoms with Gasteiger partial charge in [0.05, 0.1) is 13.5 Å². The Morgan fingerprint density at radius 3 is 2.43 bits per heavy atom. The van der Waals surface area contributed by atoms with Crippen molar-refractivity contribution in [3.63, 3.8) is 0 Å². The number of methoxy groups -OCH3 is 1. The van der Waals surface area contributed by atoms with Crippen LogP contribution in [-0.2, 0) is 11.2 Å². The van der Waals surface area contributed by atoms with Crippen LogP contribution in [0.3, 0.4) is 0 Å². The first-order valence-electron chi connectivity index (χ1n) is 9.40. The van der Waals surface area contributed by atoms with Gasteiger partial charge in [-0.3, -0.25) is 9.78 Å². The van der Waals surface area contributed by atoms with Crippen molar-refractivity contribution in [1.29, 1.82) is 0 Å². The van der Waals surface area contributed by atoms with Crippen LogP contribution in [0.2, 0.25) is 0 Å². The van der Waals surface area contributed by atoms with E-state index < -0.39 is 0 Å². The molecule has 0 spiro atoms. The average molecular weight is 417 g/mol. The number of ketones is 1. The maximum absolute atomic E-state index is 11.3. The normalized spacial score (nSPS) is 10.6. The van der Waals surface area contributed by atoms with Crippen LogP contribution >= 0.6 is 11.3 Å². The second-order valence-corrected chi connectivity index (χ2v) is 7.79. The molecule has 150 valence electrons. The number of carbonyl (C=O) groups is 1. The van der Waals surface area contributed by atoms with E-state index in [1.54, 1.807) is 20.2 Å². The molecule has 0 aliphatic carbocycles. The summed E-state index contributed by atoms with van der Waals surface area (Å²) in [6.45, 7) is 1.56. The molecule has 2 aromatic heterocycles. The van der Waals surface area contributed by atoms with Crippen LogP contribution in [0.4, 0.5) is 11.4 Å². The molecular weight excluding hydrogens is 396 g/mol. The standard InChI is InChI=1S/C23H20N4O2S/c1-15(28)13-22-26-27-23(30-22)17-3-7-18(8-4-17)25-21-11-12-24-14-20(21)16-5-9-19(29-2)10-6-16/h3-12,14H,13H2,1-2H3,(H,24,25). The first kappa shape index (κ1) is 19.7. The third-order valence-corrected chi connectivity index (χ3v) is 5.47. The summed E-state index contributed by atoms with van der Waals surface area (Å²) >= 11 is 1.44. The number of nitrogens with zero attached hydrogens (tertiary/aromatic N) is 3. The molecule has 0 amide bonds. The number of ether oxygens (including phenoxy) is 1. The minimum atomic E-state index is 0.0854. The van der Waals surface area contributed by atoms with E-state index >= 15 is 0 Å². The van der Waals surface area contributed by atoms with Gasteiger partial charge in [-0.15, -0.1) is 10.2 Å². The van der Waals surface area contributed by atoms with Crippen LogP contribution in [0.25, 0.3) is 21.7 Å². The fourth-order valence-electron chi connectivity index (χ4n) is 3.01. The molecule has 0 radical (unpaired) electrons. The highest BCUT2D eigenvalue weighted by atomic mass is 32.1. The monoisotopic (exact) mass is 416 g/mol. The number of anilines is 2. The fraction of sp³-hybridized carbons (Fsp3) is 0.130. The highest BCUT2D eigenvalue weighted by molar-refractivity contribution is 7.14. The van der Waals surface area contributed by atoms with Crippen molar-refractivity contribution < 1.29 is 9.53 Å². The van der Waals surface area contributed by atoms with E-state index in [4.69, 9.17) is 4.74 Å². The van der Waals surface area contributed by atoms with Crippen LogP contribution < -0.4 is 10.1 Å². The Morgan fingerprint density at radius 2 is 1.73 bits per heavy atom. The molecule has 4 rings (SSSR count). The number of pyridine rings is 1. The zero-order valence-corrected chi connectivity index (χ0v) is 17.4. The minimum absolute atomic E-state index is 0.0854. The van der Waals surface area contributed by atoms with Crippen molar-refractivity contribution >= 4 is 28.5 Å². The Morgan fingerprint density at radius 1 is 1.00 bits per heavy atom. The van der Waals surface area contributed by atoms with Crippen molar-refractivity contribution in [1.82, 2.24) is 15.2 Å². The minimum Gasteiger partial charge on any atom is -0.497 e. The summed E-state index contributed by atoms with van der Waals surface area (Å²) in [4.78, 5) is 15.5. The number of aromatic nitrogens is 3. The lowest BCUT2D eigenvalue weighted by atomic mass is 10.1.